The maximum absolute atomic E-state index is 13.8. The predicted octanol–water partition coefficient (Wildman–Crippen LogP) is 4.06. The number of hydrogen-bond donors (Lipinski definition) is 1. The molecule has 0 fully saturated rings. The van der Waals surface area contributed by atoms with Crippen LogP contribution in [-0.4, -0.2) is 20.7 Å². The number of hydrogen-bond acceptors (Lipinski definition) is 3. The average molecular weight is 333 g/mol. The molecule has 5 nitrogen and oxygen atoms in total. The molecule has 0 aliphatic carbocycles. The maximum atomic E-state index is 13.8. The zero-order chi connectivity index (χ0) is 16.6. The standard InChI is InChI=1S/C16H14ClFN4O/c1-9(2)22-15-10(7-20-22)6-11(8-19-15)21-16(23)14-12(17)4-3-5-13(14)18/h3-9H,1-2H3,(H,21,23). The zero-order valence-electron chi connectivity index (χ0n) is 12.5. The smallest absolute Gasteiger partial charge is 0.260 e. The number of pyridine rings is 1. The highest BCUT2D eigenvalue weighted by Crippen LogP contribution is 2.22. The van der Waals surface area contributed by atoms with Crippen molar-refractivity contribution in [2.45, 2.75) is 19.9 Å². The molecule has 23 heavy (non-hydrogen) atoms. The molecule has 2 heterocycles. The first-order chi connectivity index (χ1) is 11.0. The number of carbonyl (C=O) groups excluding carboxylic acids is 1. The Bertz CT molecular complexity index is 871. The zero-order valence-corrected chi connectivity index (χ0v) is 13.3. The first kappa shape index (κ1) is 15.4. The third-order valence-corrected chi connectivity index (χ3v) is 3.69. The molecule has 1 N–H and O–H groups in total. The minimum absolute atomic E-state index is 0.0594. The van der Waals surface area contributed by atoms with Crippen LogP contribution in [0.1, 0.15) is 30.2 Å². The second-order valence-corrected chi connectivity index (χ2v) is 5.78. The van der Waals surface area contributed by atoms with E-state index < -0.39 is 11.7 Å². The summed E-state index contributed by atoms with van der Waals surface area (Å²) >= 11 is 5.89. The fourth-order valence-corrected chi connectivity index (χ4v) is 2.54. The molecule has 0 aliphatic rings. The fraction of sp³-hybridized carbons (Fsp3) is 0.188. The van der Waals surface area contributed by atoms with Gasteiger partial charge in [-0.3, -0.25) is 4.79 Å². The summed E-state index contributed by atoms with van der Waals surface area (Å²) < 4.78 is 15.6. The summed E-state index contributed by atoms with van der Waals surface area (Å²) in [5.74, 6) is -1.29. The van der Waals surface area contributed by atoms with E-state index in [1.165, 1.54) is 24.4 Å². The highest BCUT2D eigenvalue weighted by molar-refractivity contribution is 6.34. The van der Waals surface area contributed by atoms with E-state index in [-0.39, 0.29) is 16.6 Å². The van der Waals surface area contributed by atoms with Crippen molar-refractivity contribution in [2.24, 2.45) is 0 Å². The molecule has 3 rings (SSSR count). The molecule has 0 aliphatic heterocycles. The Labute approximate surface area is 137 Å². The van der Waals surface area contributed by atoms with Gasteiger partial charge in [0.05, 0.1) is 28.7 Å². The molecule has 0 saturated heterocycles. The van der Waals surface area contributed by atoms with Crippen LogP contribution in [0.25, 0.3) is 11.0 Å². The van der Waals surface area contributed by atoms with E-state index in [2.05, 4.69) is 15.4 Å². The van der Waals surface area contributed by atoms with Gasteiger partial charge in [-0.1, -0.05) is 17.7 Å². The number of anilines is 1. The summed E-state index contributed by atoms with van der Waals surface area (Å²) in [4.78, 5) is 16.5. The average Bonchev–Trinajstić information content (AvgIpc) is 2.90. The molecule has 3 aromatic rings. The van der Waals surface area contributed by atoms with Crippen molar-refractivity contribution < 1.29 is 9.18 Å². The second kappa shape index (κ2) is 5.96. The van der Waals surface area contributed by atoms with Crippen LogP contribution in [0.15, 0.2) is 36.7 Å². The SMILES string of the molecule is CC(C)n1ncc2cc(NC(=O)c3c(F)cccc3Cl)cnc21. The van der Waals surface area contributed by atoms with E-state index in [9.17, 15) is 9.18 Å². The van der Waals surface area contributed by atoms with Gasteiger partial charge >= 0.3 is 0 Å². The molecule has 118 valence electrons. The Hall–Kier alpha value is -2.47. The molecular weight excluding hydrogens is 319 g/mol. The monoisotopic (exact) mass is 332 g/mol. The topological polar surface area (TPSA) is 59.8 Å². The summed E-state index contributed by atoms with van der Waals surface area (Å²) in [6.45, 7) is 4.01. The van der Waals surface area contributed by atoms with Gasteiger partial charge in [0.25, 0.3) is 5.91 Å². The lowest BCUT2D eigenvalue weighted by Crippen LogP contribution is -2.14. The molecule has 0 radical (unpaired) electrons. The van der Waals surface area contributed by atoms with Crippen LogP contribution < -0.4 is 5.32 Å². The summed E-state index contributed by atoms with van der Waals surface area (Å²) in [6, 6.07) is 6.02. The fourth-order valence-electron chi connectivity index (χ4n) is 2.29. The molecule has 0 spiro atoms. The molecule has 0 unspecified atom stereocenters. The van der Waals surface area contributed by atoms with Crippen LogP contribution in [0, 0.1) is 5.82 Å². The molecular formula is C16H14ClFN4O. The first-order valence-electron chi connectivity index (χ1n) is 7.06. The number of nitrogens with zero attached hydrogens (tertiary/aromatic N) is 3. The highest BCUT2D eigenvalue weighted by Gasteiger charge is 2.16. The van der Waals surface area contributed by atoms with Gasteiger partial charge in [0, 0.05) is 11.4 Å². The van der Waals surface area contributed by atoms with Crippen molar-refractivity contribution in [3.05, 3.63) is 53.1 Å². The van der Waals surface area contributed by atoms with Crippen LogP contribution in [0.5, 0.6) is 0 Å². The summed E-state index contributed by atoms with van der Waals surface area (Å²) in [6.07, 6.45) is 3.18. The minimum Gasteiger partial charge on any atom is -0.320 e. The van der Waals surface area contributed by atoms with E-state index in [0.29, 0.717) is 5.69 Å². The largest absolute Gasteiger partial charge is 0.320 e. The van der Waals surface area contributed by atoms with Crippen LogP contribution in [-0.2, 0) is 0 Å². The Morgan fingerprint density at radius 2 is 2.13 bits per heavy atom. The quantitative estimate of drug-likeness (QED) is 0.787. The Morgan fingerprint density at radius 1 is 1.35 bits per heavy atom. The molecule has 2 aromatic heterocycles. The molecule has 1 aromatic carbocycles. The summed E-state index contributed by atoms with van der Waals surface area (Å²) in [7, 11) is 0. The van der Waals surface area contributed by atoms with Crippen molar-refractivity contribution >= 4 is 34.2 Å². The molecule has 0 saturated carbocycles. The van der Waals surface area contributed by atoms with Gasteiger partial charge in [-0.05, 0) is 32.0 Å². The van der Waals surface area contributed by atoms with E-state index in [1.54, 1.807) is 16.9 Å². The lowest BCUT2D eigenvalue weighted by Gasteiger charge is -2.09. The second-order valence-electron chi connectivity index (χ2n) is 5.37. The summed E-state index contributed by atoms with van der Waals surface area (Å²) in [5, 5.41) is 7.72. The van der Waals surface area contributed by atoms with E-state index in [1.807, 2.05) is 13.8 Å². The lowest BCUT2D eigenvalue weighted by molar-refractivity contribution is 0.102. The van der Waals surface area contributed by atoms with Crippen molar-refractivity contribution in [1.29, 1.82) is 0 Å². The number of nitrogens with one attached hydrogen (secondary N) is 1. The van der Waals surface area contributed by atoms with Gasteiger partial charge in [0.2, 0.25) is 0 Å². The van der Waals surface area contributed by atoms with Crippen LogP contribution in [0.4, 0.5) is 10.1 Å². The van der Waals surface area contributed by atoms with Gasteiger partial charge in [-0.2, -0.15) is 5.10 Å². The normalized spacial score (nSPS) is 11.2. The van der Waals surface area contributed by atoms with Crippen LogP contribution in [0.3, 0.4) is 0 Å². The van der Waals surface area contributed by atoms with Crippen molar-refractivity contribution in [2.75, 3.05) is 5.32 Å². The van der Waals surface area contributed by atoms with Gasteiger partial charge in [0.1, 0.15) is 5.82 Å². The highest BCUT2D eigenvalue weighted by atomic mass is 35.5. The van der Waals surface area contributed by atoms with E-state index in [4.69, 9.17) is 11.6 Å². The maximum Gasteiger partial charge on any atom is 0.260 e. The first-order valence-corrected chi connectivity index (χ1v) is 7.44. The number of rotatable bonds is 3. The summed E-state index contributed by atoms with van der Waals surface area (Å²) in [5.41, 5.74) is 0.985. The number of benzene rings is 1. The Kier molecular flexibility index (Phi) is 4.00. The van der Waals surface area contributed by atoms with Gasteiger partial charge in [0.15, 0.2) is 5.65 Å². The molecule has 0 bridgehead atoms. The number of aromatic nitrogens is 3. The number of amides is 1. The molecule has 7 heteroatoms. The van der Waals surface area contributed by atoms with Gasteiger partial charge < -0.3 is 5.32 Å². The minimum atomic E-state index is -0.670. The van der Waals surface area contributed by atoms with E-state index in [0.717, 1.165) is 11.0 Å². The van der Waals surface area contributed by atoms with Crippen LogP contribution >= 0.6 is 11.6 Å². The van der Waals surface area contributed by atoms with Crippen LogP contribution in [0.2, 0.25) is 5.02 Å². The number of halogens is 2. The molecule has 0 atom stereocenters. The molecule has 1 amide bonds. The third-order valence-electron chi connectivity index (χ3n) is 3.37. The number of fused-ring (bicyclic) bond motifs is 1. The van der Waals surface area contributed by atoms with Crippen molar-refractivity contribution in [3.63, 3.8) is 0 Å². The van der Waals surface area contributed by atoms with Crippen molar-refractivity contribution in [3.8, 4) is 0 Å². The Morgan fingerprint density at radius 3 is 2.83 bits per heavy atom. The van der Waals surface area contributed by atoms with Gasteiger partial charge in [-0.15, -0.1) is 0 Å². The third kappa shape index (κ3) is 2.90. The number of carbonyl (C=O) groups is 1. The predicted molar refractivity (Wildman–Crippen MR) is 87.3 cm³/mol. The van der Waals surface area contributed by atoms with Gasteiger partial charge in [-0.25, -0.2) is 14.1 Å². The van der Waals surface area contributed by atoms with Crippen molar-refractivity contribution in [1.82, 2.24) is 14.8 Å². The Balaban J connectivity index is 1.91. The van der Waals surface area contributed by atoms with E-state index >= 15 is 0 Å². The lowest BCUT2D eigenvalue weighted by atomic mass is 10.2.